The monoisotopic (exact) mass is 1230 g/mol. The van der Waals surface area contributed by atoms with Crippen molar-refractivity contribution in [3.63, 3.8) is 0 Å². The van der Waals surface area contributed by atoms with Crippen LogP contribution in [0.2, 0.25) is 0 Å². The van der Waals surface area contributed by atoms with Gasteiger partial charge in [-0.3, -0.25) is 0 Å². The summed E-state index contributed by atoms with van der Waals surface area (Å²) in [5.41, 5.74) is 0. The maximum absolute atomic E-state index is 8.88. The molecule has 0 aromatic heterocycles. The van der Waals surface area contributed by atoms with Crippen molar-refractivity contribution in [2.45, 2.75) is 0 Å². The molecule has 0 aliphatic rings. The van der Waals surface area contributed by atoms with Crippen molar-refractivity contribution < 1.29 is 57.7 Å². The number of hydrogen-bond donors (Lipinski definition) is 9. The molecule has 9 N–H and O–H groups in total. The molecule has 0 aliphatic heterocycles. The van der Waals surface area contributed by atoms with Crippen molar-refractivity contribution in [3.05, 3.63) is 94.9 Å². The second-order valence-corrected chi connectivity index (χ2v) is 16.7. The Morgan fingerprint density at radius 1 is 0.333 bits per heavy atom. The van der Waals surface area contributed by atoms with Crippen molar-refractivity contribution in [2.75, 3.05) is 0 Å². The van der Waals surface area contributed by atoms with E-state index in [1.165, 1.54) is 0 Å². The predicted octanol–water partition coefficient (Wildman–Crippen LogP) is 9.14. The lowest BCUT2D eigenvalue weighted by molar-refractivity contribution is 0.272. The van der Waals surface area contributed by atoms with Gasteiger partial charge in [-0.05, 0) is 180 Å². The predicted molar refractivity (Wildman–Crippen MR) is 191 cm³/mol. The van der Waals surface area contributed by atoms with E-state index in [9.17, 15) is 0 Å². The molecule has 42 heavy (non-hydrogen) atoms. The third-order valence-electron chi connectivity index (χ3n) is 2.71. The highest BCUT2D eigenvalue weighted by atomic mass is 79.9. The summed E-state index contributed by atoms with van der Waals surface area (Å²) in [5, 5.41) is 0. The van der Waals surface area contributed by atoms with E-state index in [-0.39, 0.29) is 0 Å². The van der Waals surface area contributed by atoms with Gasteiger partial charge in [-0.2, -0.15) is 0 Å². The van der Waals surface area contributed by atoms with E-state index in [4.69, 9.17) is 57.7 Å². The second-order valence-electron chi connectivity index (χ2n) is 6.15. The number of phosphoric acid groups is 3. The highest BCUT2D eigenvalue weighted by Gasteiger charge is 2.02. The van der Waals surface area contributed by atoms with Gasteiger partial charge in [0.25, 0.3) is 0 Å². The lowest BCUT2D eigenvalue weighted by Crippen LogP contribution is -1.69. The van der Waals surface area contributed by atoms with E-state index in [2.05, 4.69) is 143 Å². The van der Waals surface area contributed by atoms with Crippen LogP contribution in [0.4, 0.5) is 0 Å². The summed E-state index contributed by atoms with van der Waals surface area (Å²) in [5.74, 6) is 0. The van der Waals surface area contributed by atoms with Crippen molar-refractivity contribution in [3.8, 4) is 0 Å². The fraction of sp³-hybridized carbons (Fsp3) is 0. The molecule has 0 amide bonds. The largest absolute Gasteiger partial charge is 0.466 e. The number of hydrogen-bond acceptors (Lipinski definition) is 3. The Morgan fingerprint density at radius 3 is 0.500 bits per heavy atom. The zero-order valence-electron chi connectivity index (χ0n) is 19.7. The van der Waals surface area contributed by atoms with Crippen LogP contribution < -0.4 is 0 Å². The summed E-state index contributed by atoms with van der Waals surface area (Å²) in [7, 11) is -13.9. The molecule has 0 saturated heterocycles. The Labute approximate surface area is 315 Å². The van der Waals surface area contributed by atoms with Gasteiger partial charge in [0.05, 0.1) is 0 Å². The van der Waals surface area contributed by atoms with Gasteiger partial charge in [0.1, 0.15) is 0 Å². The fourth-order valence-electron chi connectivity index (χ4n) is 1.43. The second kappa shape index (κ2) is 24.5. The van der Waals surface area contributed by atoms with Crippen LogP contribution >= 0.6 is 167 Å². The van der Waals surface area contributed by atoms with Crippen molar-refractivity contribution >= 4 is 167 Å². The minimum absolute atomic E-state index is 1.06. The van der Waals surface area contributed by atoms with Crippen molar-refractivity contribution in [2.24, 2.45) is 0 Å². The molecule has 0 radical (unpaired) electrons. The molecule has 3 aromatic rings. The minimum atomic E-state index is -4.64. The van der Waals surface area contributed by atoms with Crippen LogP contribution in [0.15, 0.2) is 94.9 Å². The van der Waals surface area contributed by atoms with Crippen LogP contribution in [0.3, 0.4) is 0 Å². The van der Waals surface area contributed by atoms with Gasteiger partial charge < -0.3 is 44.0 Å². The summed E-state index contributed by atoms with van der Waals surface area (Å²) >= 11 is 30.4. The Balaban J connectivity index is -0.000000446. The highest BCUT2D eigenvalue weighted by molar-refractivity contribution is 9.15. The van der Waals surface area contributed by atoms with Gasteiger partial charge in [-0.1, -0.05) is 18.2 Å². The quantitative estimate of drug-likeness (QED) is 0.0758. The van der Waals surface area contributed by atoms with Crippen LogP contribution in [0.1, 0.15) is 0 Å². The summed E-state index contributed by atoms with van der Waals surface area (Å²) in [6.45, 7) is 0. The molecule has 240 valence electrons. The van der Waals surface area contributed by atoms with Crippen LogP contribution in [-0.2, 0) is 13.7 Å². The maximum Gasteiger partial charge on any atom is 0.466 e. The first-order valence-corrected chi connectivity index (χ1v) is 21.1. The fourth-order valence-corrected chi connectivity index (χ4v) is 5.22. The first-order chi connectivity index (χ1) is 18.6. The van der Waals surface area contributed by atoms with Crippen LogP contribution in [0.5, 0.6) is 0 Å². The van der Waals surface area contributed by atoms with Gasteiger partial charge >= 0.3 is 23.5 Å². The Hall–Kier alpha value is 2.31. The lowest BCUT2D eigenvalue weighted by Gasteiger charge is -1.95. The van der Waals surface area contributed by atoms with Crippen LogP contribution in [0.25, 0.3) is 0 Å². The van der Waals surface area contributed by atoms with E-state index < -0.39 is 23.5 Å². The molecule has 24 heteroatoms. The molecule has 0 fully saturated rings. The molecule has 0 atom stereocenters. The maximum atomic E-state index is 8.88. The van der Waals surface area contributed by atoms with Gasteiger partial charge in [0.2, 0.25) is 0 Å². The highest BCUT2D eigenvalue weighted by Crippen LogP contribution is 2.32. The number of rotatable bonds is 0. The summed E-state index contributed by atoms with van der Waals surface area (Å²) in [6.07, 6.45) is 0. The molecule has 3 aromatic carbocycles. The SMILES string of the molecule is Brc1cccc(Br)c1Br.Brc1cccc(Br)c1Br.Brc1cccc(Br)c1Br.O=P(O)(O)O.O=P(O)(O)O.O=P(O)(O)O. The molecule has 0 spiro atoms. The zero-order chi connectivity index (χ0) is 34.1. The smallest absolute Gasteiger partial charge is 0.303 e. The molecule has 0 bridgehead atoms. The average molecular weight is 1240 g/mol. The van der Waals surface area contributed by atoms with E-state index in [0.717, 1.165) is 40.3 Å². The van der Waals surface area contributed by atoms with Gasteiger partial charge in [-0.25, -0.2) is 13.7 Å². The number of benzene rings is 3. The van der Waals surface area contributed by atoms with Crippen LogP contribution in [-0.4, -0.2) is 44.0 Å². The van der Waals surface area contributed by atoms with Crippen molar-refractivity contribution in [1.29, 1.82) is 0 Å². The first kappa shape index (κ1) is 48.7. The molecular formula is C18H18Br9O12P3. The summed E-state index contributed by atoms with van der Waals surface area (Å²) in [6, 6.07) is 17.8. The Bertz CT molecular complexity index is 1130. The Kier molecular flexibility index (Phi) is 28.4. The average Bonchev–Trinajstić information content (AvgIpc) is 2.77. The molecule has 0 heterocycles. The lowest BCUT2D eigenvalue weighted by atomic mass is 10.4. The van der Waals surface area contributed by atoms with Crippen molar-refractivity contribution in [1.82, 2.24) is 0 Å². The van der Waals surface area contributed by atoms with Gasteiger partial charge in [0, 0.05) is 40.3 Å². The molecule has 0 saturated carbocycles. The molecule has 0 aliphatic carbocycles. The summed E-state index contributed by atoms with van der Waals surface area (Å²) < 4.78 is 36.2. The summed E-state index contributed by atoms with van der Waals surface area (Å²) in [4.78, 5) is 64.7. The van der Waals surface area contributed by atoms with Gasteiger partial charge in [0.15, 0.2) is 0 Å². The van der Waals surface area contributed by atoms with E-state index >= 15 is 0 Å². The minimum Gasteiger partial charge on any atom is -0.303 e. The van der Waals surface area contributed by atoms with E-state index in [1.54, 1.807) is 0 Å². The van der Waals surface area contributed by atoms with Gasteiger partial charge in [-0.15, -0.1) is 0 Å². The van der Waals surface area contributed by atoms with Crippen LogP contribution in [0, 0.1) is 0 Å². The molecule has 3 rings (SSSR count). The topological polar surface area (TPSA) is 233 Å². The number of halogens is 9. The Morgan fingerprint density at radius 2 is 0.429 bits per heavy atom. The normalized spacial score (nSPS) is 10.4. The van der Waals surface area contributed by atoms with E-state index in [1.807, 2.05) is 54.6 Å². The van der Waals surface area contributed by atoms with E-state index in [0.29, 0.717) is 0 Å². The molecule has 12 nitrogen and oxygen atoms in total. The zero-order valence-corrected chi connectivity index (χ0v) is 36.6. The molecular weight excluding hydrogens is 1220 g/mol. The standard InChI is InChI=1S/3C6H3Br3.3H3O4P/c3*7-4-2-1-3-5(8)6(4)9;3*1-5(2,3)4/h3*1-3H;3*(H3,1,2,3,4). The third-order valence-corrected chi connectivity index (χ3v) is 12.4. The molecule has 0 unspecified atom stereocenters. The first-order valence-electron chi connectivity index (χ1n) is 9.28. The third kappa shape index (κ3) is 36.8.